The van der Waals surface area contributed by atoms with Crippen molar-refractivity contribution in [1.29, 1.82) is 0 Å². The highest BCUT2D eigenvalue weighted by Gasteiger charge is 2.61. The van der Waals surface area contributed by atoms with E-state index >= 15 is 0 Å². The largest absolute Gasteiger partial charge is 0.460 e. The summed E-state index contributed by atoms with van der Waals surface area (Å²) in [4.78, 5) is 25.2. The Balaban J connectivity index is 1.57. The summed E-state index contributed by atoms with van der Waals surface area (Å²) in [5.41, 5.74) is 1.27. The highest BCUT2D eigenvalue weighted by Crippen LogP contribution is 2.53. The zero-order valence-corrected chi connectivity index (χ0v) is 14.9. The van der Waals surface area contributed by atoms with Gasteiger partial charge in [-0.05, 0) is 25.5 Å². The number of fused-ring (bicyclic) bond motifs is 2. The lowest BCUT2D eigenvalue weighted by molar-refractivity contribution is -0.210. The first-order chi connectivity index (χ1) is 11.9. The van der Waals surface area contributed by atoms with Gasteiger partial charge in [-0.1, -0.05) is 26.0 Å². The Hall–Kier alpha value is -2.08. The first kappa shape index (κ1) is 16.4. The second-order valence-electron chi connectivity index (χ2n) is 7.58. The highest BCUT2D eigenvalue weighted by atomic mass is 16.6. The number of ether oxygens (including phenoxy) is 2. The zero-order valence-electron chi connectivity index (χ0n) is 14.9. The normalized spacial score (nSPS) is 27.1. The summed E-state index contributed by atoms with van der Waals surface area (Å²) in [6.07, 6.45) is 0.971. The van der Waals surface area contributed by atoms with E-state index in [1.807, 2.05) is 31.2 Å². The molecule has 0 unspecified atom stereocenters. The van der Waals surface area contributed by atoms with Crippen LogP contribution in [-0.4, -0.2) is 33.9 Å². The van der Waals surface area contributed by atoms with Crippen LogP contribution in [0.4, 0.5) is 0 Å². The molecule has 0 radical (unpaired) electrons. The summed E-state index contributed by atoms with van der Waals surface area (Å²) in [5.74, 6) is -0.0720. The zero-order chi connectivity index (χ0) is 17.8. The summed E-state index contributed by atoms with van der Waals surface area (Å²) in [6.45, 7) is 7.32. The van der Waals surface area contributed by atoms with Crippen LogP contribution in [0.2, 0.25) is 0 Å². The monoisotopic (exact) mass is 344 g/mol. The summed E-state index contributed by atoms with van der Waals surface area (Å²) >= 11 is 0. The number of benzene rings is 1. The van der Waals surface area contributed by atoms with Crippen LogP contribution in [0, 0.1) is 11.3 Å². The lowest BCUT2D eigenvalue weighted by atomic mass is 9.59. The van der Waals surface area contributed by atoms with Crippen molar-refractivity contribution in [3.8, 4) is 0 Å². The van der Waals surface area contributed by atoms with Crippen molar-refractivity contribution in [2.24, 2.45) is 11.3 Å². The number of aryl methyl sites for hydroxylation is 1. The van der Waals surface area contributed by atoms with Crippen molar-refractivity contribution >= 4 is 17.0 Å². The number of hydrogen-bond donors (Lipinski definition) is 0. The van der Waals surface area contributed by atoms with Gasteiger partial charge in [0.2, 0.25) is 0 Å². The van der Waals surface area contributed by atoms with E-state index in [0.717, 1.165) is 24.1 Å². The second kappa shape index (κ2) is 5.73. The molecule has 1 aromatic heterocycles. The highest BCUT2D eigenvalue weighted by molar-refractivity contribution is 5.78. The molecule has 0 spiro atoms. The summed E-state index contributed by atoms with van der Waals surface area (Å²) in [5, 5.41) is 0. The molecule has 0 N–H and O–H groups in total. The summed E-state index contributed by atoms with van der Waals surface area (Å²) < 4.78 is 14.7. The van der Waals surface area contributed by atoms with Crippen molar-refractivity contribution in [3.05, 3.63) is 34.7 Å². The third-order valence-electron chi connectivity index (χ3n) is 5.78. The molecule has 0 amide bonds. The van der Waals surface area contributed by atoms with Crippen molar-refractivity contribution in [3.63, 3.8) is 0 Å². The number of imidazole rings is 1. The van der Waals surface area contributed by atoms with Crippen LogP contribution in [0.25, 0.3) is 11.0 Å². The molecule has 134 valence electrons. The van der Waals surface area contributed by atoms with Crippen LogP contribution < -0.4 is 5.69 Å². The van der Waals surface area contributed by atoms with Gasteiger partial charge >= 0.3 is 11.7 Å². The summed E-state index contributed by atoms with van der Waals surface area (Å²) in [7, 11) is 0. The molecule has 6 nitrogen and oxygen atoms in total. The van der Waals surface area contributed by atoms with E-state index in [-0.39, 0.29) is 41.7 Å². The van der Waals surface area contributed by atoms with Gasteiger partial charge in [0.15, 0.2) is 0 Å². The molecule has 1 saturated heterocycles. The molecular weight excluding hydrogens is 320 g/mol. The minimum atomic E-state index is -0.357. The molecule has 25 heavy (non-hydrogen) atoms. The van der Waals surface area contributed by atoms with Crippen LogP contribution in [0.5, 0.6) is 0 Å². The van der Waals surface area contributed by atoms with Crippen molar-refractivity contribution in [1.82, 2.24) is 9.13 Å². The van der Waals surface area contributed by atoms with Gasteiger partial charge in [-0.15, -0.1) is 0 Å². The number of carbonyl (C=O) groups is 1. The maximum absolute atomic E-state index is 12.6. The average molecular weight is 344 g/mol. The number of nitrogens with zero attached hydrogens (tertiary/aromatic N) is 2. The predicted molar refractivity (Wildman–Crippen MR) is 93.4 cm³/mol. The third-order valence-corrected chi connectivity index (χ3v) is 5.78. The molecule has 3 atom stereocenters. The SMILES string of the molecule is CCn1c(=O)n(CC(=O)O[C@@H]2[C@@H]3CCO[C@H]3C2(C)C)c2ccccc21. The molecular formula is C19H24N2O4. The number of rotatable bonds is 4. The van der Waals surface area contributed by atoms with Gasteiger partial charge in [-0.25, -0.2) is 4.79 Å². The molecule has 4 rings (SSSR count). The number of carbonyl (C=O) groups excluding carboxylic acids is 1. The van der Waals surface area contributed by atoms with Gasteiger partial charge in [-0.3, -0.25) is 13.9 Å². The van der Waals surface area contributed by atoms with Gasteiger partial charge in [0, 0.05) is 24.5 Å². The van der Waals surface area contributed by atoms with Crippen LogP contribution >= 0.6 is 0 Å². The van der Waals surface area contributed by atoms with Crippen molar-refractivity contribution in [2.75, 3.05) is 6.61 Å². The van der Waals surface area contributed by atoms with E-state index in [1.165, 1.54) is 4.57 Å². The maximum atomic E-state index is 12.6. The topological polar surface area (TPSA) is 62.5 Å². The third kappa shape index (κ3) is 2.34. The fraction of sp³-hybridized carbons (Fsp3) is 0.579. The Kier molecular flexibility index (Phi) is 3.76. The van der Waals surface area contributed by atoms with E-state index in [4.69, 9.17) is 9.47 Å². The molecule has 6 heteroatoms. The van der Waals surface area contributed by atoms with Gasteiger partial charge < -0.3 is 9.47 Å². The van der Waals surface area contributed by atoms with Crippen LogP contribution in [0.3, 0.4) is 0 Å². The standard InChI is InChI=1S/C19H24N2O4/c1-4-20-13-7-5-6-8-14(13)21(18(20)23)11-15(22)25-17-12-9-10-24-16(12)19(17,2)3/h5-8,12,16-17H,4,9-11H2,1-3H3/t12-,16-,17-/m1/s1. The quantitative estimate of drug-likeness (QED) is 0.798. The minimum Gasteiger partial charge on any atom is -0.460 e. The van der Waals surface area contributed by atoms with Crippen LogP contribution in [0.1, 0.15) is 27.2 Å². The first-order valence-corrected chi connectivity index (χ1v) is 8.94. The predicted octanol–water partition coefficient (Wildman–Crippen LogP) is 2.18. The van der Waals surface area contributed by atoms with E-state index in [0.29, 0.717) is 6.54 Å². The maximum Gasteiger partial charge on any atom is 0.329 e. The Morgan fingerprint density at radius 2 is 1.96 bits per heavy atom. The molecule has 2 aliphatic rings. The lowest BCUT2D eigenvalue weighted by Gasteiger charge is -2.53. The Morgan fingerprint density at radius 1 is 1.28 bits per heavy atom. The molecule has 1 aliphatic carbocycles. The van der Waals surface area contributed by atoms with Crippen LogP contribution in [-0.2, 0) is 27.4 Å². The van der Waals surface area contributed by atoms with E-state index in [2.05, 4.69) is 13.8 Å². The Morgan fingerprint density at radius 3 is 2.64 bits per heavy atom. The first-order valence-electron chi connectivity index (χ1n) is 8.94. The fourth-order valence-electron chi connectivity index (χ4n) is 4.56. The summed E-state index contributed by atoms with van der Waals surface area (Å²) in [6, 6.07) is 7.54. The molecule has 1 aromatic carbocycles. The number of hydrogen-bond acceptors (Lipinski definition) is 4. The molecule has 1 saturated carbocycles. The van der Waals surface area contributed by atoms with E-state index < -0.39 is 0 Å². The van der Waals surface area contributed by atoms with Gasteiger partial charge in [0.05, 0.1) is 17.1 Å². The molecule has 0 bridgehead atoms. The number of esters is 1. The lowest BCUT2D eigenvalue weighted by Crippen LogP contribution is -2.61. The molecule has 1 aliphatic heterocycles. The van der Waals surface area contributed by atoms with Gasteiger partial charge in [0.25, 0.3) is 0 Å². The Labute approximate surface area is 146 Å². The van der Waals surface area contributed by atoms with Crippen molar-refractivity contribution in [2.45, 2.75) is 52.5 Å². The number of para-hydroxylation sites is 2. The minimum absolute atomic E-state index is 0.0584. The van der Waals surface area contributed by atoms with E-state index in [9.17, 15) is 9.59 Å². The number of aromatic nitrogens is 2. The average Bonchev–Trinajstić information content (AvgIpc) is 3.15. The molecule has 2 fully saturated rings. The van der Waals surface area contributed by atoms with Crippen LogP contribution in [0.15, 0.2) is 29.1 Å². The molecule has 2 aromatic rings. The smallest absolute Gasteiger partial charge is 0.329 e. The second-order valence-corrected chi connectivity index (χ2v) is 7.58. The Bertz CT molecular complexity index is 879. The van der Waals surface area contributed by atoms with Crippen molar-refractivity contribution < 1.29 is 14.3 Å². The van der Waals surface area contributed by atoms with E-state index in [1.54, 1.807) is 4.57 Å². The van der Waals surface area contributed by atoms with Gasteiger partial charge in [-0.2, -0.15) is 0 Å². The van der Waals surface area contributed by atoms with Gasteiger partial charge in [0.1, 0.15) is 12.6 Å². The fourth-order valence-corrected chi connectivity index (χ4v) is 4.56. The molecule has 2 heterocycles.